The standard InChI is InChI=1S/C23H44.2C22H42/c1-4-5-10-14-20-16-22(20)18-23-17-21(23)15-12-9-7-6-8-11-13-19(2)3;1-4-5-13-17-21-19-22(21)18-15-12-10-8-6-7-9-11-14-16-20(2)3;1-4-5-6-7-11-14-17-21-19-22(21)18-15-12-9-8-10-13-16-20(2)3/h19-23H,4-18H2,1-3H3;12,15,20-22H,4-11,13-14,16-19H2,1-3H3;11,14,20-22H,4-10,12-13,15-19H2,1-3H3/b;15-12-;14-11-. The quantitative estimate of drug-likeness (QED) is 0.0422. The number of unbranched alkanes of at least 4 members (excludes halogenated alkanes) is 23. The molecule has 0 N–H and O–H groups in total. The molecule has 4 fully saturated rings. The molecule has 8 atom stereocenters. The topological polar surface area (TPSA) is 0 Å². The van der Waals surface area contributed by atoms with Gasteiger partial charge in [-0.05, 0) is 136 Å². The van der Waals surface area contributed by atoms with Crippen molar-refractivity contribution in [3.63, 3.8) is 0 Å². The average Bonchev–Trinajstić information content (AvgIpc) is 4.13. The van der Waals surface area contributed by atoms with Crippen LogP contribution in [0.2, 0.25) is 0 Å². The van der Waals surface area contributed by atoms with Gasteiger partial charge in [0.2, 0.25) is 0 Å². The summed E-state index contributed by atoms with van der Waals surface area (Å²) in [7, 11) is 0. The van der Waals surface area contributed by atoms with Crippen LogP contribution < -0.4 is 0 Å². The zero-order valence-corrected chi connectivity index (χ0v) is 48.1. The molecule has 0 nitrogen and oxygen atoms in total. The molecule has 0 aliphatic heterocycles. The molecular weight excluding hydrogens is 805 g/mol. The Balaban J connectivity index is 0.000000345. The summed E-state index contributed by atoms with van der Waals surface area (Å²) in [6.07, 6.45) is 72.6. The zero-order valence-electron chi connectivity index (χ0n) is 48.1. The maximum atomic E-state index is 2.48. The molecule has 67 heavy (non-hydrogen) atoms. The Morgan fingerprint density at radius 1 is 0.284 bits per heavy atom. The van der Waals surface area contributed by atoms with Crippen LogP contribution in [0.5, 0.6) is 0 Å². The zero-order chi connectivity index (χ0) is 48.6. The number of rotatable bonds is 45. The van der Waals surface area contributed by atoms with E-state index in [0.717, 1.165) is 65.1 Å². The van der Waals surface area contributed by atoms with Gasteiger partial charge in [-0.25, -0.2) is 0 Å². The van der Waals surface area contributed by atoms with Crippen LogP contribution in [0.3, 0.4) is 0 Å². The second kappa shape index (κ2) is 43.1. The predicted octanol–water partition coefficient (Wildman–Crippen LogP) is 23.9. The summed E-state index contributed by atoms with van der Waals surface area (Å²) in [4.78, 5) is 0. The molecule has 0 aromatic carbocycles. The molecule has 0 aromatic heterocycles. The molecule has 0 spiro atoms. The second-order valence-corrected chi connectivity index (χ2v) is 25.4. The minimum atomic E-state index is 0.892. The SMILES string of the molecule is CCCCC/C=C\CC1CC1CCCCCCCCC(C)C.CCCCCC1CC1C/C=C\CCCCCCCCC(C)C.CCCCCC1CC1CC1CC1CCCCCCCCC(C)C. The van der Waals surface area contributed by atoms with Crippen molar-refractivity contribution in [1.82, 2.24) is 0 Å². The van der Waals surface area contributed by atoms with Crippen molar-refractivity contribution in [2.45, 2.75) is 338 Å². The Morgan fingerprint density at radius 2 is 0.552 bits per heavy atom. The molecule has 396 valence electrons. The Kier molecular flexibility index (Phi) is 40.3. The number of allylic oxidation sites excluding steroid dienone is 4. The van der Waals surface area contributed by atoms with Crippen LogP contribution in [-0.4, -0.2) is 0 Å². The molecule has 0 radical (unpaired) electrons. The monoisotopic (exact) mass is 933 g/mol. The highest BCUT2D eigenvalue weighted by atomic mass is 14.5. The first-order valence-electron chi connectivity index (χ1n) is 32.0. The van der Waals surface area contributed by atoms with Crippen LogP contribution in [0.15, 0.2) is 24.3 Å². The predicted molar refractivity (Wildman–Crippen MR) is 306 cm³/mol. The van der Waals surface area contributed by atoms with Crippen LogP contribution in [0, 0.1) is 65.1 Å². The van der Waals surface area contributed by atoms with Crippen LogP contribution in [0.4, 0.5) is 0 Å². The highest BCUT2D eigenvalue weighted by molar-refractivity contribution is 4.96. The van der Waals surface area contributed by atoms with Crippen molar-refractivity contribution >= 4 is 0 Å². The average molecular weight is 934 g/mol. The van der Waals surface area contributed by atoms with Crippen LogP contribution in [0.1, 0.15) is 338 Å². The Morgan fingerprint density at radius 3 is 0.910 bits per heavy atom. The first kappa shape index (κ1) is 62.6. The highest BCUT2D eigenvalue weighted by Gasteiger charge is 2.44. The minimum Gasteiger partial charge on any atom is -0.0885 e. The van der Waals surface area contributed by atoms with Crippen molar-refractivity contribution in [2.75, 3.05) is 0 Å². The summed E-state index contributed by atoms with van der Waals surface area (Å²) in [5.74, 6) is 11.6. The molecule has 0 aromatic rings. The van der Waals surface area contributed by atoms with Crippen LogP contribution >= 0.6 is 0 Å². The third-order valence-corrected chi connectivity index (χ3v) is 17.0. The van der Waals surface area contributed by atoms with Gasteiger partial charge in [0.05, 0.1) is 0 Å². The first-order chi connectivity index (χ1) is 32.7. The van der Waals surface area contributed by atoms with Gasteiger partial charge in [-0.15, -0.1) is 0 Å². The van der Waals surface area contributed by atoms with Crippen molar-refractivity contribution < 1.29 is 0 Å². The fourth-order valence-corrected chi connectivity index (χ4v) is 11.7. The Bertz CT molecular complexity index is 1090. The van der Waals surface area contributed by atoms with E-state index in [1.165, 1.54) is 244 Å². The molecule has 4 aliphatic carbocycles. The summed E-state index contributed by atoms with van der Waals surface area (Å²) in [6, 6.07) is 0. The highest BCUT2D eigenvalue weighted by Crippen LogP contribution is 2.54. The van der Waals surface area contributed by atoms with E-state index in [1.54, 1.807) is 32.1 Å². The molecule has 0 saturated heterocycles. The summed E-state index contributed by atoms with van der Waals surface area (Å²) in [5, 5.41) is 0. The maximum Gasteiger partial charge on any atom is -0.0319 e. The third kappa shape index (κ3) is 39.7. The lowest BCUT2D eigenvalue weighted by atomic mass is 10.0. The summed E-state index contributed by atoms with van der Waals surface area (Å²) in [6.45, 7) is 21.0. The van der Waals surface area contributed by atoms with Gasteiger partial charge >= 0.3 is 0 Å². The van der Waals surface area contributed by atoms with E-state index in [4.69, 9.17) is 0 Å². The van der Waals surface area contributed by atoms with Gasteiger partial charge in [-0.1, -0.05) is 292 Å². The van der Waals surface area contributed by atoms with Crippen molar-refractivity contribution in [1.29, 1.82) is 0 Å². The van der Waals surface area contributed by atoms with Crippen molar-refractivity contribution in [2.24, 2.45) is 65.1 Å². The minimum absolute atomic E-state index is 0.892. The molecule has 0 heterocycles. The number of hydrogen-bond donors (Lipinski definition) is 0. The van der Waals surface area contributed by atoms with Gasteiger partial charge in [0.15, 0.2) is 0 Å². The van der Waals surface area contributed by atoms with Gasteiger partial charge in [0.1, 0.15) is 0 Å². The van der Waals surface area contributed by atoms with E-state index >= 15 is 0 Å². The molecule has 4 rings (SSSR count). The Hall–Kier alpha value is -0.520. The Labute approximate surface area is 425 Å². The van der Waals surface area contributed by atoms with Crippen LogP contribution in [0.25, 0.3) is 0 Å². The van der Waals surface area contributed by atoms with Crippen molar-refractivity contribution in [3.8, 4) is 0 Å². The summed E-state index contributed by atoms with van der Waals surface area (Å²) < 4.78 is 0. The van der Waals surface area contributed by atoms with Gasteiger partial charge in [-0.2, -0.15) is 0 Å². The van der Waals surface area contributed by atoms with E-state index in [0.29, 0.717) is 0 Å². The van der Waals surface area contributed by atoms with E-state index < -0.39 is 0 Å². The molecule has 0 amide bonds. The molecule has 0 bridgehead atoms. The van der Waals surface area contributed by atoms with Crippen LogP contribution in [-0.2, 0) is 0 Å². The lowest BCUT2D eigenvalue weighted by molar-refractivity contribution is 0.490. The van der Waals surface area contributed by atoms with Gasteiger partial charge in [0, 0.05) is 0 Å². The largest absolute Gasteiger partial charge is 0.0885 e. The fourth-order valence-electron chi connectivity index (χ4n) is 11.7. The van der Waals surface area contributed by atoms with E-state index in [2.05, 4.69) is 86.6 Å². The van der Waals surface area contributed by atoms with E-state index in [-0.39, 0.29) is 0 Å². The normalized spacial score (nSPS) is 23.9. The van der Waals surface area contributed by atoms with Gasteiger partial charge in [-0.3, -0.25) is 0 Å². The number of hydrogen-bond acceptors (Lipinski definition) is 0. The lowest BCUT2D eigenvalue weighted by Crippen LogP contribution is -1.90. The second-order valence-electron chi connectivity index (χ2n) is 25.4. The van der Waals surface area contributed by atoms with Crippen molar-refractivity contribution in [3.05, 3.63) is 24.3 Å². The first-order valence-corrected chi connectivity index (χ1v) is 32.0. The lowest BCUT2D eigenvalue weighted by Gasteiger charge is -2.04. The molecule has 8 unspecified atom stereocenters. The molecule has 4 aliphatic rings. The maximum absolute atomic E-state index is 2.48. The van der Waals surface area contributed by atoms with Gasteiger partial charge < -0.3 is 0 Å². The summed E-state index contributed by atoms with van der Waals surface area (Å²) in [5.41, 5.74) is 0. The molecular formula is C67H128. The van der Waals surface area contributed by atoms with E-state index in [1.807, 2.05) is 0 Å². The van der Waals surface area contributed by atoms with E-state index in [9.17, 15) is 0 Å². The fraction of sp³-hybridized carbons (Fsp3) is 0.940. The third-order valence-electron chi connectivity index (χ3n) is 17.0. The smallest absolute Gasteiger partial charge is 0.0319 e. The molecule has 4 saturated carbocycles. The molecule has 0 heteroatoms. The summed E-state index contributed by atoms with van der Waals surface area (Å²) >= 11 is 0. The van der Waals surface area contributed by atoms with Gasteiger partial charge in [0.25, 0.3) is 0 Å².